The molecule has 0 saturated heterocycles. The topological polar surface area (TPSA) is 59.1 Å². The van der Waals surface area contributed by atoms with Gasteiger partial charge in [-0.15, -0.1) is 0 Å². The molecule has 2 rings (SSSR count). The number of aromatic nitrogens is 1. The lowest BCUT2D eigenvalue weighted by molar-refractivity contribution is 0.583. The molecule has 0 aliphatic carbocycles. The molecule has 106 valence electrons. The minimum absolute atomic E-state index is 0.0430. The molecule has 0 bridgehead atoms. The molecule has 0 atom stereocenters. The Morgan fingerprint density at radius 2 is 1.85 bits per heavy atom. The monoisotopic (exact) mass is 338 g/mol. The molecule has 9 heteroatoms. The predicted molar refractivity (Wildman–Crippen MR) is 71.4 cm³/mol. The lowest BCUT2D eigenvalue weighted by Crippen LogP contribution is -2.14. The van der Waals surface area contributed by atoms with E-state index in [1.807, 2.05) is 4.72 Å². The van der Waals surface area contributed by atoms with Crippen LogP contribution in [-0.4, -0.2) is 13.4 Å². The Balaban J connectivity index is 2.44. The van der Waals surface area contributed by atoms with Gasteiger partial charge in [0.25, 0.3) is 10.0 Å². The van der Waals surface area contributed by atoms with Crippen LogP contribution in [0, 0.1) is 11.6 Å². The molecule has 0 fully saturated rings. The number of hydrogen-bond donors (Lipinski definition) is 1. The first kappa shape index (κ1) is 15.0. The molecule has 0 radical (unpaired) electrons. The minimum atomic E-state index is -4.12. The van der Waals surface area contributed by atoms with E-state index in [9.17, 15) is 17.2 Å². The first-order chi connectivity index (χ1) is 9.29. The van der Waals surface area contributed by atoms with Crippen LogP contribution in [0.3, 0.4) is 0 Å². The summed E-state index contributed by atoms with van der Waals surface area (Å²) >= 11 is 11.2. The molecular formula is C11H6Cl2F2N2O2S. The number of nitrogens with one attached hydrogen (secondary N) is 1. The van der Waals surface area contributed by atoms with Crippen LogP contribution in [0.1, 0.15) is 0 Å². The fourth-order valence-electron chi connectivity index (χ4n) is 1.38. The van der Waals surface area contributed by atoms with Gasteiger partial charge >= 0.3 is 0 Å². The largest absolute Gasteiger partial charge is 0.275 e. The molecule has 0 unspecified atom stereocenters. The van der Waals surface area contributed by atoms with Gasteiger partial charge in [-0.3, -0.25) is 4.72 Å². The van der Waals surface area contributed by atoms with Gasteiger partial charge in [0.05, 0.1) is 9.92 Å². The first-order valence-electron chi connectivity index (χ1n) is 5.08. The smallest absolute Gasteiger partial charge is 0.262 e. The third-order valence-corrected chi connectivity index (χ3v) is 4.10. The van der Waals surface area contributed by atoms with E-state index in [2.05, 4.69) is 4.98 Å². The molecule has 1 aromatic carbocycles. The van der Waals surface area contributed by atoms with Crippen LogP contribution in [0.5, 0.6) is 0 Å². The molecule has 20 heavy (non-hydrogen) atoms. The molecule has 0 spiro atoms. The van der Waals surface area contributed by atoms with E-state index in [0.29, 0.717) is 6.07 Å². The van der Waals surface area contributed by atoms with Crippen LogP contribution in [0.2, 0.25) is 10.2 Å². The number of anilines is 1. The standard InChI is InChI=1S/C11H6Cl2F2N2O2S/c12-8-3-6(14)4-9(15)11(8)17-20(18,19)7-1-2-16-10(13)5-7/h1-5,17H. The SMILES string of the molecule is O=S(=O)(Nc1c(F)cc(F)cc1Cl)c1ccnc(Cl)c1. The highest BCUT2D eigenvalue weighted by atomic mass is 35.5. The van der Waals surface area contributed by atoms with Gasteiger partial charge in [0.2, 0.25) is 0 Å². The van der Waals surface area contributed by atoms with Crippen LogP contribution >= 0.6 is 23.2 Å². The average Bonchev–Trinajstić information content (AvgIpc) is 2.34. The molecule has 2 aromatic rings. The molecule has 0 saturated carbocycles. The normalized spacial score (nSPS) is 11.4. The minimum Gasteiger partial charge on any atom is -0.275 e. The van der Waals surface area contributed by atoms with Crippen molar-refractivity contribution in [2.45, 2.75) is 4.90 Å². The summed E-state index contributed by atoms with van der Waals surface area (Å²) in [6, 6.07) is 3.56. The highest BCUT2D eigenvalue weighted by molar-refractivity contribution is 7.92. The van der Waals surface area contributed by atoms with Crippen LogP contribution in [0.25, 0.3) is 0 Å². The van der Waals surface area contributed by atoms with Gasteiger partial charge in [0, 0.05) is 12.3 Å². The summed E-state index contributed by atoms with van der Waals surface area (Å²) < 4.78 is 52.4. The molecule has 4 nitrogen and oxygen atoms in total. The van der Waals surface area contributed by atoms with Gasteiger partial charge < -0.3 is 0 Å². The molecule has 0 aliphatic rings. The van der Waals surface area contributed by atoms with Gasteiger partial charge in [-0.1, -0.05) is 23.2 Å². The van der Waals surface area contributed by atoms with Crippen molar-refractivity contribution >= 4 is 38.9 Å². The van der Waals surface area contributed by atoms with Crippen molar-refractivity contribution < 1.29 is 17.2 Å². The van der Waals surface area contributed by atoms with Crippen molar-refractivity contribution in [3.05, 3.63) is 52.3 Å². The maximum atomic E-state index is 13.5. The van der Waals surface area contributed by atoms with Crippen molar-refractivity contribution in [2.75, 3.05) is 4.72 Å². The Labute approximate surface area is 123 Å². The van der Waals surface area contributed by atoms with Gasteiger partial charge in [-0.2, -0.15) is 0 Å². The second-order valence-electron chi connectivity index (χ2n) is 3.66. The third kappa shape index (κ3) is 3.17. The molecule has 1 N–H and O–H groups in total. The number of rotatable bonds is 3. The van der Waals surface area contributed by atoms with E-state index in [1.54, 1.807) is 0 Å². The van der Waals surface area contributed by atoms with E-state index >= 15 is 0 Å². The third-order valence-electron chi connectivity index (χ3n) is 2.25. The first-order valence-corrected chi connectivity index (χ1v) is 7.32. The summed E-state index contributed by atoms with van der Waals surface area (Å²) in [5, 5.41) is -0.440. The molecule has 0 aliphatic heterocycles. The van der Waals surface area contributed by atoms with Crippen molar-refractivity contribution in [3.8, 4) is 0 Å². The Morgan fingerprint density at radius 3 is 2.45 bits per heavy atom. The number of nitrogens with zero attached hydrogens (tertiary/aromatic N) is 1. The summed E-state index contributed by atoms with van der Waals surface area (Å²) in [6.45, 7) is 0. The van der Waals surface area contributed by atoms with Crippen molar-refractivity contribution in [1.82, 2.24) is 4.98 Å². The molecule has 1 heterocycles. The lowest BCUT2D eigenvalue weighted by atomic mass is 10.3. The zero-order valence-electron chi connectivity index (χ0n) is 9.57. The van der Waals surface area contributed by atoms with E-state index in [-0.39, 0.29) is 10.0 Å². The zero-order chi connectivity index (χ0) is 14.9. The molecule has 0 amide bonds. The number of sulfonamides is 1. The van der Waals surface area contributed by atoms with Gasteiger partial charge in [-0.05, 0) is 18.2 Å². The number of halogens is 4. The zero-order valence-corrected chi connectivity index (χ0v) is 11.9. The van der Waals surface area contributed by atoms with Gasteiger partial charge in [-0.25, -0.2) is 22.2 Å². The fraction of sp³-hybridized carbons (Fsp3) is 0. The Kier molecular flexibility index (Phi) is 4.12. The summed E-state index contributed by atoms with van der Waals surface area (Å²) in [5.41, 5.74) is -0.541. The Bertz CT molecular complexity index is 746. The van der Waals surface area contributed by atoms with Crippen LogP contribution in [0.4, 0.5) is 14.5 Å². The van der Waals surface area contributed by atoms with Crippen molar-refractivity contribution in [1.29, 1.82) is 0 Å². The summed E-state index contributed by atoms with van der Waals surface area (Å²) in [7, 11) is -4.12. The van der Waals surface area contributed by atoms with Crippen LogP contribution in [0.15, 0.2) is 35.4 Å². The van der Waals surface area contributed by atoms with E-state index in [1.165, 1.54) is 12.3 Å². The quantitative estimate of drug-likeness (QED) is 0.871. The summed E-state index contributed by atoms with van der Waals surface area (Å²) in [6.07, 6.45) is 1.18. The van der Waals surface area contributed by atoms with Crippen molar-refractivity contribution in [3.63, 3.8) is 0 Å². The number of hydrogen-bond acceptors (Lipinski definition) is 3. The van der Waals surface area contributed by atoms with Crippen LogP contribution in [-0.2, 0) is 10.0 Å². The van der Waals surface area contributed by atoms with E-state index in [0.717, 1.165) is 12.1 Å². The molecule has 1 aromatic heterocycles. The maximum absolute atomic E-state index is 13.5. The van der Waals surface area contributed by atoms with Gasteiger partial charge in [0.15, 0.2) is 5.82 Å². The van der Waals surface area contributed by atoms with Crippen molar-refractivity contribution in [2.24, 2.45) is 0 Å². The van der Waals surface area contributed by atoms with Gasteiger partial charge in [0.1, 0.15) is 16.7 Å². The second kappa shape index (κ2) is 5.51. The number of pyridine rings is 1. The average molecular weight is 339 g/mol. The Morgan fingerprint density at radius 1 is 1.15 bits per heavy atom. The second-order valence-corrected chi connectivity index (χ2v) is 6.14. The Hall–Kier alpha value is -1.44. The van der Waals surface area contributed by atoms with Crippen LogP contribution < -0.4 is 4.72 Å². The highest BCUT2D eigenvalue weighted by Crippen LogP contribution is 2.28. The lowest BCUT2D eigenvalue weighted by Gasteiger charge is -2.10. The fourth-order valence-corrected chi connectivity index (χ4v) is 3.02. The predicted octanol–water partition coefficient (Wildman–Crippen LogP) is 3.47. The van der Waals surface area contributed by atoms with E-state index in [4.69, 9.17) is 23.2 Å². The van der Waals surface area contributed by atoms with E-state index < -0.39 is 32.4 Å². The highest BCUT2D eigenvalue weighted by Gasteiger charge is 2.19. The summed E-state index contributed by atoms with van der Waals surface area (Å²) in [5.74, 6) is -2.04. The number of benzene rings is 1. The maximum Gasteiger partial charge on any atom is 0.262 e. The molecular weight excluding hydrogens is 333 g/mol. The summed E-state index contributed by atoms with van der Waals surface area (Å²) in [4.78, 5) is 3.41.